The number of guanidine groups is 1. The number of benzene rings is 1. The highest BCUT2D eigenvalue weighted by Crippen LogP contribution is 2.28. The van der Waals surface area contributed by atoms with Gasteiger partial charge in [0.15, 0.2) is 17.5 Å². The summed E-state index contributed by atoms with van der Waals surface area (Å²) in [4.78, 5) is 4.46. The summed E-state index contributed by atoms with van der Waals surface area (Å²) in [5.41, 5.74) is 0.978. The van der Waals surface area contributed by atoms with Crippen LogP contribution >= 0.6 is 24.0 Å². The van der Waals surface area contributed by atoms with Crippen molar-refractivity contribution in [1.82, 2.24) is 10.6 Å². The molecule has 1 aromatic carbocycles. The van der Waals surface area contributed by atoms with Gasteiger partial charge in [-0.25, -0.2) is 4.99 Å². The van der Waals surface area contributed by atoms with Crippen LogP contribution in [0.1, 0.15) is 12.5 Å². The molecule has 1 rings (SSSR count). The summed E-state index contributed by atoms with van der Waals surface area (Å²) in [6.07, 6.45) is 10.5. The van der Waals surface area contributed by atoms with Crippen LogP contribution in [0.3, 0.4) is 0 Å². The van der Waals surface area contributed by atoms with Crippen molar-refractivity contribution in [2.24, 2.45) is 4.99 Å². The molecule has 0 bridgehead atoms. The molecule has 5 nitrogen and oxygen atoms in total. The van der Waals surface area contributed by atoms with Gasteiger partial charge in [-0.3, -0.25) is 0 Å². The van der Waals surface area contributed by atoms with E-state index >= 15 is 0 Å². The highest BCUT2D eigenvalue weighted by molar-refractivity contribution is 14.0. The van der Waals surface area contributed by atoms with Gasteiger partial charge in [-0.2, -0.15) is 0 Å². The Balaban J connectivity index is 0.00000484. The minimum Gasteiger partial charge on any atom is -0.493 e. The average molecular weight is 427 g/mol. The van der Waals surface area contributed by atoms with E-state index in [0.29, 0.717) is 30.5 Å². The molecule has 0 saturated heterocycles. The first-order valence-corrected chi connectivity index (χ1v) is 6.94. The number of ether oxygens (including phenoxy) is 2. The molecule has 0 heterocycles. The first kappa shape index (κ1) is 20.9. The molecule has 0 aliphatic heterocycles. The van der Waals surface area contributed by atoms with E-state index in [-0.39, 0.29) is 30.6 Å². The van der Waals surface area contributed by atoms with E-state index in [0.717, 1.165) is 12.1 Å². The number of terminal acetylenes is 2. The Kier molecular flexibility index (Phi) is 11.4. The fourth-order valence-corrected chi connectivity index (χ4v) is 1.70. The maximum atomic E-state index is 5.47. The largest absolute Gasteiger partial charge is 0.493 e. The van der Waals surface area contributed by atoms with Gasteiger partial charge in [0.2, 0.25) is 0 Å². The SMILES string of the molecule is C#CCNC(=NCc1ccc(OC)c(OCC#C)c1)NCC.I. The third-order valence-electron chi connectivity index (χ3n) is 2.66. The fraction of sp³-hybridized carbons (Fsp3) is 0.353. The number of aliphatic imine (C=N–C) groups is 1. The van der Waals surface area contributed by atoms with Crippen LogP contribution in [0.15, 0.2) is 23.2 Å². The molecular formula is C17H22IN3O2. The van der Waals surface area contributed by atoms with Crippen LogP contribution in [0.4, 0.5) is 0 Å². The van der Waals surface area contributed by atoms with Crippen molar-refractivity contribution in [3.05, 3.63) is 23.8 Å². The molecule has 2 N–H and O–H groups in total. The molecule has 0 amide bonds. The minimum absolute atomic E-state index is 0. The van der Waals surface area contributed by atoms with Gasteiger partial charge in [0, 0.05) is 6.54 Å². The van der Waals surface area contributed by atoms with Crippen LogP contribution in [-0.2, 0) is 6.54 Å². The smallest absolute Gasteiger partial charge is 0.192 e. The number of nitrogens with zero attached hydrogens (tertiary/aromatic N) is 1. The number of rotatable bonds is 7. The van der Waals surface area contributed by atoms with Gasteiger partial charge in [-0.1, -0.05) is 17.9 Å². The van der Waals surface area contributed by atoms with Gasteiger partial charge in [-0.05, 0) is 24.6 Å². The number of nitrogens with one attached hydrogen (secondary N) is 2. The molecule has 23 heavy (non-hydrogen) atoms. The van der Waals surface area contributed by atoms with Crippen molar-refractivity contribution in [1.29, 1.82) is 0 Å². The van der Waals surface area contributed by atoms with E-state index in [1.54, 1.807) is 7.11 Å². The highest BCUT2D eigenvalue weighted by Gasteiger charge is 2.05. The molecule has 0 aromatic heterocycles. The van der Waals surface area contributed by atoms with Crippen molar-refractivity contribution >= 4 is 29.9 Å². The average Bonchev–Trinajstić information content (AvgIpc) is 2.55. The van der Waals surface area contributed by atoms with Crippen LogP contribution in [0.25, 0.3) is 0 Å². The van der Waals surface area contributed by atoms with Crippen molar-refractivity contribution in [3.63, 3.8) is 0 Å². The summed E-state index contributed by atoms with van der Waals surface area (Å²) in [6, 6.07) is 5.62. The van der Waals surface area contributed by atoms with E-state index in [1.807, 2.05) is 25.1 Å². The van der Waals surface area contributed by atoms with Crippen molar-refractivity contribution in [2.75, 3.05) is 26.8 Å². The van der Waals surface area contributed by atoms with Gasteiger partial charge >= 0.3 is 0 Å². The Bertz CT molecular complexity index is 588. The molecule has 6 heteroatoms. The second-order valence-corrected chi connectivity index (χ2v) is 4.23. The lowest BCUT2D eigenvalue weighted by molar-refractivity contribution is 0.330. The molecule has 0 spiro atoms. The maximum Gasteiger partial charge on any atom is 0.192 e. The minimum atomic E-state index is 0. The number of methoxy groups -OCH3 is 1. The number of hydrogen-bond donors (Lipinski definition) is 2. The predicted octanol–water partition coefficient (Wildman–Crippen LogP) is 2.01. The molecule has 0 aliphatic carbocycles. The summed E-state index contributed by atoms with van der Waals surface area (Å²) in [5, 5.41) is 6.15. The summed E-state index contributed by atoms with van der Waals surface area (Å²) in [7, 11) is 1.59. The van der Waals surface area contributed by atoms with Crippen molar-refractivity contribution in [3.8, 4) is 36.2 Å². The summed E-state index contributed by atoms with van der Waals surface area (Å²) >= 11 is 0. The molecule has 0 atom stereocenters. The number of hydrogen-bond acceptors (Lipinski definition) is 3. The van der Waals surface area contributed by atoms with Gasteiger partial charge in [0.1, 0.15) is 6.61 Å². The zero-order valence-corrected chi connectivity index (χ0v) is 15.7. The molecule has 0 unspecified atom stereocenters. The Morgan fingerprint density at radius 1 is 1.22 bits per heavy atom. The Labute approximate surface area is 155 Å². The van der Waals surface area contributed by atoms with E-state index in [9.17, 15) is 0 Å². The Morgan fingerprint density at radius 3 is 2.61 bits per heavy atom. The molecule has 124 valence electrons. The van der Waals surface area contributed by atoms with E-state index in [4.69, 9.17) is 22.3 Å². The van der Waals surface area contributed by atoms with Crippen LogP contribution in [0, 0.1) is 24.7 Å². The van der Waals surface area contributed by atoms with Crippen LogP contribution in [-0.4, -0.2) is 32.8 Å². The van der Waals surface area contributed by atoms with Gasteiger partial charge in [0.25, 0.3) is 0 Å². The van der Waals surface area contributed by atoms with E-state index in [2.05, 4.69) is 27.5 Å². The van der Waals surface area contributed by atoms with Gasteiger partial charge < -0.3 is 20.1 Å². The molecule has 1 aromatic rings. The topological polar surface area (TPSA) is 54.9 Å². The normalized spacial score (nSPS) is 9.83. The molecule has 0 saturated carbocycles. The summed E-state index contributed by atoms with van der Waals surface area (Å²) in [5.74, 6) is 6.86. The van der Waals surface area contributed by atoms with Gasteiger partial charge in [0.05, 0.1) is 20.2 Å². The molecule has 0 aliphatic rings. The number of halogens is 1. The molecular weight excluding hydrogens is 405 g/mol. The molecule has 0 radical (unpaired) electrons. The lowest BCUT2D eigenvalue weighted by Gasteiger charge is -2.11. The Hall–Kier alpha value is -2.06. The monoisotopic (exact) mass is 427 g/mol. The lowest BCUT2D eigenvalue weighted by atomic mass is 10.2. The summed E-state index contributed by atoms with van der Waals surface area (Å²) in [6.45, 7) is 3.85. The first-order valence-electron chi connectivity index (χ1n) is 6.94. The maximum absolute atomic E-state index is 5.47. The quantitative estimate of drug-likeness (QED) is 0.303. The zero-order valence-electron chi connectivity index (χ0n) is 13.4. The third-order valence-corrected chi connectivity index (χ3v) is 2.66. The summed E-state index contributed by atoms with van der Waals surface area (Å²) < 4.78 is 10.7. The standard InChI is InChI=1S/C17H21N3O2.HI/c1-5-10-19-17(18-7-3)20-13-14-8-9-15(21-4)16(12-14)22-11-6-2;/h1-2,8-9,12H,7,10-11,13H2,3-4H3,(H2,18,19,20);1H. The van der Waals surface area contributed by atoms with Crippen LogP contribution < -0.4 is 20.1 Å². The second kappa shape index (κ2) is 12.5. The second-order valence-electron chi connectivity index (χ2n) is 4.23. The van der Waals surface area contributed by atoms with Crippen molar-refractivity contribution in [2.45, 2.75) is 13.5 Å². The van der Waals surface area contributed by atoms with Gasteiger partial charge in [-0.15, -0.1) is 36.8 Å². The predicted molar refractivity (Wildman–Crippen MR) is 104 cm³/mol. The lowest BCUT2D eigenvalue weighted by Crippen LogP contribution is -2.37. The zero-order chi connectivity index (χ0) is 16.2. The Morgan fingerprint density at radius 2 is 2.00 bits per heavy atom. The van der Waals surface area contributed by atoms with Crippen LogP contribution in [0.5, 0.6) is 11.5 Å². The van der Waals surface area contributed by atoms with E-state index < -0.39 is 0 Å². The van der Waals surface area contributed by atoms with Crippen LogP contribution in [0.2, 0.25) is 0 Å². The molecule has 0 fully saturated rings. The fourth-order valence-electron chi connectivity index (χ4n) is 1.70. The van der Waals surface area contributed by atoms with Crippen molar-refractivity contribution < 1.29 is 9.47 Å². The highest BCUT2D eigenvalue weighted by atomic mass is 127. The first-order chi connectivity index (χ1) is 10.7. The third kappa shape index (κ3) is 7.66. The van der Waals surface area contributed by atoms with E-state index in [1.165, 1.54) is 0 Å².